The third-order valence-corrected chi connectivity index (χ3v) is 12.7. The van der Waals surface area contributed by atoms with E-state index in [-0.39, 0.29) is 10.5 Å². The molecule has 3 aliphatic carbocycles. The molecule has 1 saturated carbocycles. The molecule has 2 aromatic carbocycles. The fourth-order valence-electron chi connectivity index (χ4n) is 5.72. The van der Waals surface area contributed by atoms with Gasteiger partial charge in [0.25, 0.3) is 8.32 Å². The first-order valence-electron chi connectivity index (χ1n) is 10.8. The molecule has 0 radical (unpaired) electrons. The van der Waals surface area contributed by atoms with Crippen molar-refractivity contribution in [3.63, 3.8) is 0 Å². The number of aliphatic hydroxyl groups is 1. The zero-order valence-corrected chi connectivity index (χ0v) is 19.4. The maximum atomic E-state index is 11.4. The molecule has 1 fully saturated rings. The van der Waals surface area contributed by atoms with Crippen LogP contribution >= 0.6 is 0 Å². The molecule has 0 unspecified atom stereocenters. The van der Waals surface area contributed by atoms with E-state index in [1.807, 2.05) is 0 Å². The van der Waals surface area contributed by atoms with E-state index in [4.69, 9.17) is 4.43 Å². The van der Waals surface area contributed by atoms with Crippen LogP contribution < -0.4 is 10.4 Å². The Hall–Kier alpha value is -1.68. The van der Waals surface area contributed by atoms with Crippen molar-refractivity contribution in [2.75, 3.05) is 6.61 Å². The summed E-state index contributed by atoms with van der Waals surface area (Å²) >= 11 is 0. The van der Waals surface area contributed by atoms with Gasteiger partial charge in [-0.05, 0) is 46.7 Å². The fraction of sp³-hybridized carbons (Fsp3) is 0.462. The van der Waals surface area contributed by atoms with E-state index >= 15 is 0 Å². The van der Waals surface area contributed by atoms with E-state index in [0.717, 1.165) is 18.4 Å². The molecule has 3 aliphatic rings. The van der Waals surface area contributed by atoms with Crippen molar-refractivity contribution in [2.24, 2.45) is 11.3 Å². The molecule has 5 rings (SSSR count). The van der Waals surface area contributed by atoms with Crippen molar-refractivity contribution in [1.82, 2.24) is 0 Å². The minimum Gasteiger partial charge on any atom is -0.407 e. The van der Waals surface area contributed by atoms with Gasteiger partial charge in [-0.25, -0.2) is 0 Å². The summed E-state index contributed by atoms with van der Waals surface area (Å²) in [6.07, 6.45) is 4.14. The van der Waals surface area contributed by atoms with Crippen molar-refractivity contribution in [1.29, 1.82) is 0 Å². The van der Waals surface area contributed by atoms with Crippen LogP contribution in [0.1, 0.15) is 47.5 Å². The monoisotopic (exact) mass is 406 g/mol. The topological polar surface area (TPSA) is 29.5 Å². The van der Waals surface area contributed by atoms with Gasteiger partial charge in [0.1, 0.15) is 0 Å². The summed E-state index contributed by atoms with van der Waals surface area (Å²) in [5, 5.41) is 14.0. The molecule has 29 heavy (non-hydrogen) atoms. The first-order chi connectivity index (χ1) is 13.7. The Labute approximate surface area is 176 Å². The van der Waals surface area contributed by atoms with Crippen molar-refractivity contribution in [3.8, 4) is 0 Å². The largest absolute Gasteiger partial charge is 0.407 e. The quantitative estimate of drug-likeness (QED) is 0.577. The SMILES string of the molecule is CC1=CC[C@H]2C[C@]1(O)[C@]2(C)CO[Si](c1ccccc1)(c1ccccc1)C(C)(C)C. The second-order valence-corrected chi connectivity index (χ2v) is 14.6. The summed E-state index contributed by atoms with van der Waals surface area (Å²) in [5.74, 6) is 0.495. The lowest BCUT2D eigenvalue weighted by Gasteiger charge is -2.64. The van der Waals surface area contributed by atoms with Gasteiger partial charge in [0.05, 0.1) is 5.60 Å². The molecule has 3 atom stereocenters. The molecule has 0 spiro atoms. The number of rotatable bonds is 5. The minimum absolute atomic E-state index is 0.0432. The normalized spacial score (nSPS) is 29.2. The highest BCUT2D eigenvalue weighted by atomic mass is 28.4. The summed E-state index contributed by atoms with van der Waals surface area (Å²) in [6.45, 7) is 11.8. The van der Waals surface area contributed by atoms with Crippen LogP contribution in [0.3, 0.4) is 0 Å². The lowest BCUT2D eigenvalue weighted by molar-refractivity contribution is -0.201. The third-order valence-electron chi connectivity index (χ3n) is 7.75. The van der Waals surface area contributed by atoms with Gasteiger partial charge in [-0.1, -0.05) is 94.4 Å². The molecule has 2 bridgehead atoms. The van der Waals surface area contributed by atoms with Crippen LogP contribution in [0.25, 0.3) is 0 Å². The Morgan fingerprint density at radius 2 is 1.52 bits per heavy atom. The second-order valence-electron chi connectivity index (χ2n) is 10.3. The molecular weight excluding hydrogens is 372 g/mol. The lowest BCUT2D eigenvalue weighted by atomic mass is 9.45. The van der Waals surface area contributed by atoms with E-state index in [1.165, 1.54) is 10.4 Å². The predicted molar refractivity (Wildman–Crippen MR) is 123 cm³/mol. The second kappa shape index (κ2) is 6.94. The number of hydrogen-bond acceptors (Lipinski definition) is 2. The average Bonchev–Trinajstić information content (AvgIpc) is 2.70. The maximum absolute atomic E-state index is 11.4. The lowest BCUT2D eigenvalue weighted by Crippen LogP contribution is -2.71. The van der Waals surface area contributed by atoms with E-state index in [2.05, 4.69) is 101 Å². The van der Waals surface area contributed by atoms with Crippen LogP contribution in [0, 0.1) is 11.3 Å². The Bertz CT molecular complexity index is 860. The van der Waals surface area contributed by atoms with Crippen LogP contribution in [0.5, 0.6) is 0 Å². The molecule has 154 valence electrons. The molecule has 0 aliphatic heterocycles. The van der Waals surface area contributed by atoms with Crippen LogP contribution in [0.2, 0.25) is 5.04 Å². The van der Waals surface area contributed by atoms with Crippen molar-refractivity contribution < 1.29 is 9.53 Å². The van der Waals surface area contributed by atoms with Gasteiger partial charge in [-0.15, -0.1) is 0 Å². The predicted octanol–water partition coefficient (Wildman–Crippen LogP) is 4.67. The summed E-state index contributed by atoms with van der Waals surface area (Å²) in [7, 11) is -2.57. The van der Waals surface area contributed by atoms with Gasteiger partial charge in [0.15, 0.2) is 0 Å². The summed E-state index contributed by atoms with van der Waals surface area (Å²) < 4.78 is 7.17. The van der Waals surface area contributed by atoms with E-state index in [1.54, 1.807) is 0 Å². The highest BCUT2D eigenvalue weighted by molar-refractivity contribution is 6.99. The maximum Gasteiger partial charge on any atom is 0.261 e. The van der Waals surface area contributed by atoms with Gasteiger partial charge in [0.2, 0.25) is 0 Å². The molecule has 3 heteroatoms. The molecule has 0 saturated heterocycles. The number of hydrogen-bond donors (Lipinski definition) is 1. The molecule has 2 nitrogen and oxygen atoms in total. The highest BCUT2D eigenvalue weighted by Gasteiger charge is 2.65. The molecule has 0 heterocycles. The van der Waals surface area contributed by atoms with Gasteiger partial charge < -0.3 is 9.53 Å². The smallest absolute Gasteiger partial charge is 0.261 e. The molecule has 0 aromatic heterocycles. The van der Waals surface area contributed by atoms with E-state index in [9.17, 15) is 5.11 Å². The summed E-state index contributed by atoms with van der Waals surface area (Å²) in [6, 6.07) is 21.6. The van der Waals surface area contributed by atoms with Gasteiger partial charge in [-0.2, -0.15) is 0 Å². The standard InChI is InChI=1S/C26H34O2Si/c1-20-16-17-21-18-26(20,27)25(21,5)19-28-29(24(2,3)4,22-12-8-6-9-13-22)23-14-10-7-11-15-23/h6-16,21,27H,17-19H2,1-5H3/t21-,25+,26+/m0/s1. The first-order valence-corrected chi connectivity index (χ1v) is 12.7. The van der Waals surface area contributed by atoms with E-state index in [0.29, 0.717) is 12.5 Å². The van der Waals surface area contributed by atoms with Crippen molar-refractivity contribution in [3.05, 3.63) is 72.3 Å². The highest BCUT2D eigenvalue weighted by Crippen LogP contribution is 2.62. The van der Waals surface area contributed by atoms with Crippen LogP contribution in [0.15, 0.2) is 72.3 Å². The van der Waals surface area contributed by atoms with Crippen LogP contribution in [-0.4, -0.2) is 25.6 Å². The number of allylic oxidation sites excluding steroid dienone is 1. The Balaban J connectivity index is 1.79. The zero-order chi connectivity index (χ0) is 20.9. The molecule has 1 N–H and O–H groups in total. The van der Waals surface area contributed by atoms with Gasteiger partial charge >= 0.3 is 0 Å². The van der Waals surface area contributed by atoms with Gasteiger partial charge in [-0.3, -0.25) is 0 Å². The third kappa shape index (κ3) is 2.89. The molecular formula is C26H34O2Si. The Morgan fingerprint density at radius 1 is 1.00 bits per heavy atom. The van der Waals surface area contributed by atoms with Crippen molar-refractivity contribution >= 4 is 18.7 Å². The molecule has 0 amide bonds. The summed E-state index contributed by atoms with van der Waals surface area (Å²) in [4.78, 5) is 0. The van der Waals surface area contributed by atoms with Crippen LogP contribution in [-0.2, 0) is 4.43 Å². The molecule has 2 aromatic rings. The summed E-state index contributed by atoms with van der Waals surface area (Å²) in [5.41, 5.74) is 0.175. The number of fused-ring (bicyclic) bond motifs is 1. The average molecular weight is 407 g/mol. The number of benzene rings is 2. The Kier molecular flexibility index (Phi) is 4.92. The fourth-order valence-corrected chi connectivity index (χ4v) is 10.4. The van der Waals surface area contributed by atoms with Crippen LogP contribution in [0.4, 0.5) is 0 Å². The zero-order valence-electron chi connectivity index (χ0n) is 18.4. The first kappa shape index (κ1) is 20.6. The minimum atomic E-state index is -2.57. The van der Waals surface area contributed by atoms with Crippen molar-refractivity contribution in [2.45, 2.75) is 58.1 Å². The Morgan fingerprint density at radius 3 is 1.97 bits per heavy atom. The van der Waals surface area contributed by atoms with Gasteiger partial charge in [0, 0.05) is 12.0 Å². The van der Waals surface area contributed by atoms with E-state index < -0.39 is 13.9 Å².